The van der Waals surface area contributed by atoms with E-state index in [4.69, 9.17) is 4.74 Å². The number of hydrogen-bond acceptors (Lipinski definition) is 3. The molecule has 110 valence electrons. The first-order chi connectivity index (χ1) is 9.56. The molecule has 0 heterocycles. The fourth-order valence-electron chi connectivity index (χ4n) is 1.74. The van der Waals surface area contributed by atoms with Crippen LogP contribution < -0.4 is 5.32 Å². The molecule has 5 nitrogen and oxygen atoms in total. The Morgan fingerprint density at radius 2 is 1.90 bits per heavy atom. The van der Waals surface area contributed by atoms with Crippen molar-refractivity contribution in [3.63, 3.8) is 0 Å². The van der Waals surface area contributed by atoms with Crippen LogP contribution in [-0.2, 0) is 20.9 Å². The van der Waals surface area contributed by atoms with E-state index in [1.54, 1.807) is 12.0 Å². The monoisotopic (exact) mass is 278 g/mol. The topological polar surface area (TPSA) is 58.6 Å². The lowest BCUT2D eigenvalue weighted by Crippen LogP contribution is -2.46. The maximum atomic E-state index is 12.2. The molecule has 0 radical (unpaired) electrons. The standard InChI is InChI=1S/C15H22N2O3/c1-12(2)17(11-13-7-5-4-6-8-13)15(19)14(18)16-9-10-20-3/h4-8,12H,9-11H2,1-3H3,(H,16,18). The largest absolute Gasteiger partial charge is 0.383 e. The van der Waals surface area contributed by atoms with Crippen molar-refractivity contribution in [2.75, 3.05) is 20.3 Å². The molecule has 0 aliphatic carbocycles. The van der Waals surface area contributed by atoms with Crippen LogP contribution in [0, 0.1) is 0 Å². The third kappa shape index (κ3) is 5.01. The van der Waals surface area contributed by atoms with Gasteiger partial charge in [0, 0.05) is 26.2 Å². The molecular formula is C15H22N2O3. The van der Waals surface area contributed by atoms with E-state index in [1.165, 1.54) is 0 Å². The Labute approximate surface area is 119 Å². The van der Waals surface area contributed by atoms with Gasteiger partial charge in [0.25, 0.3) is 0 Å². The molecule has 0 spiro atoms. The van der Waals surface area contributed by atoms with E-state index in [9.17, 15) is 9.59 Å². The summed E-state index contributed by atoms with van der Waals surface area (Å²) in [4.78, 5) is 25.5. The molecule has 1 aromatic rings. The summed E-state index contributed by atoms with van der Waals surface area (Å²) in [5, 5.41) is 2.55. The summed E-state index contributed by atoms with van der Waals surface area (Å²) in [5.74, 6) is -1.10. The molecule has 1 rings (SSSR count). The summed E-state index contributed by atoms with van der Waals surface area (Å²) in [6.45, 7) is 4.93. The highest BCUT2D eigenvalue weighted by Crippen LogP contribution is 2.08. The Bertz CT molecular complexity index is 432. The fraction of sp³-hybridized carbons (Fsp3) is 0.467. The predicted molar refractivity (Wildman–Crippen MR) is 77.0 cm³/mol. The highest BCUT2D eigenvalue weighted by Gasteiger charge is 2.23. The van der Waals surface area contributed by atoms with E-state index in [2.05, 4.69) is 5.32 Å². The van der Waals surface area contributed by atoms with E-state index < -0.39 is 11.8 Å². The summed E-state index contributed by atoms with van der Waals surface area (Å²) < 4.78 is 4.84. The maximum Gasteiger partial charge on any atom is 0.312 e. The third-order valence-corrected chi connectivity index (χ3v) is 2.87. The number of benzene rings is 1. The Morgan fingerprint density at radius 1 is 1.25 bits per heavy atom. The van der Waals surface area contributed by atoms with E-state index in [-0.39, 0.29) is 6.04 Å². The fourth-order valence-corrected chi connectivity index (χ4v) is 1.74. The minimum atomic E-state index is -0.591. The predicted octanol–water partition coefficient (Wildman–Crippen LogP) is 1.19. The van der Waals surface area contributed by atoms with Crippen molar-refractivity contribution in [3.8, 4) is 0 Å². The second-order valence-corrected chi connectivity index (χ2v) is 4.76. The third-order valence-electron chi connectivity index (χ3n) is 2.87. The van der Waals surface area contributed by atoms with Crippen LogP contribution in [0.3, 0.4) is 0 Å². The quantitative estimate of drug-likeness (QED) is 0.628. The van der Waals surface area contributed by atoms with Crippen molar-refractivity contribution in [2.24, 2.45) is 0 Å². The van der Waals surface area contributed by atoms with Crippen LogP contribution in [0.1, 0.15) is 19.4 Å². The number of carbonyl (C=O) groups excluding carboxylic acids is 2. The molecule has 0 aromatic heterocycles. The van der Waals surface area contributed by atoms with Crippen LogP contribution in [0.15, 0.2) is 30.3 Å². The smallest absolute Gasteiger partial charge is 0.312 e. The molecule has 1 N–H and O–H groups in total. The van der Waals surface area contributed by atoms with Crippen molar-refractivity contribution in [2.45, 2.75) is 26.4 Å². The number of methoxy groups -OCH3 is 1. The van der Waals surface area contributed by atoms with Gasteiger partial charge in [0.1, 0.15) is 0 Å². The van der Waals surface area contributed by atoms with Gasteiger partial charge in [-0.1, -0.05) is 30.3 Å². The van der Waals surface area contributed by atoms with Gasteiger partial charge in [0.05, 0.1) is 6.61 Å². The van der Waals surface area contributed by atoms with Crippen LogP contribution in [0.5, 0.6) is 0 Å². The summed E-state index contributed by atoms with van der Waals surface area (Å²) in [5.41, 5.74) is 0.999. The Kier molecular flexibility index (Phi) is 6.73. The van der Waals surface area contributed by atoms with Crippen molar-refractivity contribution in [1.82, 2.24) is 10.2 Å². The summed E-state index contributed by atoms with van der Waals surface area (Å²) in [6, 6.07) is 9.57. The van der Waals surface area contributed by atoms with Gasteiger partial charge in [-0.05, 0) is 19.4 Å². The number of hydrogen-bond donors (Lipinski definition) is 1. The molecule has 0 atom stereocenters. The van der Waals surface area contributed by atoms with Crippen molar-refractivity contribution >= 4 is 11.8 Å². The molecule has 0 saturated carbocycles. The maximum absolute atomic E-state index is 12.2. The van der Waals surface area contributed by atoms with Gasteiger partial charge in [-0.3, -0.25) is 9.59 Å². The van der Waals surface area contributed by atoms with Gasteiger partial charge in [-0.25, -0.2) is 0 Å². The van der Waals surface area contributed by atoms with Crippen LogP contribution in [0.25, 0.3) is 0 Å². The minimum Gasteiger partial charge on any atom is -0.383 e. The lowest BCUT2D eigenvalue weighted by atomic mass is 10.2. The molecule has 2 amide bonds. The van der Waals surface area contributed by atoms with Crippen molar-refractivity contribution in [1.29, 1.82) is 0 Å². The lowest BCUT2D eigenvalue weighted by Gasteiger charge is -2.26. The van der Waals surface area contributed by atoms with Crippen LogP contribution >= 0.6 is 0 Å². The number of nitrogens with zero attached hydrogens (tertiary/aromatic N) is 1. The Balaban J connectivity index is 2.66. The first-order valence-corrected chi connectivity index (χ1v) is 6.68. The second-order valence-electron chi connectivity index (χ2n) is 4.76. The zero-order chi connectivity index (χ0) is 15.0. The van der Waals surface area contributed by atoms with E-state index in [1.807, 2.05) is 44.2 Å². The molecule has 0 saturated heterocycles. The molecular weight excluding hydrogens is 256 g/mol. The minimum absolute atomic E-state index is 0.0455. The van der Waals surface area contributed by atoms with Crippen LogP contribution in [-0.4, -0.2) is 43.0 Å². The highest BCUT2D eigenvalue weighted by molar-refractivity contribution is 6.35. The zero-order valence-electron chi connectivity index (χ0n) is 12.3. The van der Waals surface area contributed by atoms with Gasteiger partial charge >= 0.3 is 11.8 Å². The van der Waals surface area contributed by atoms with Gasteiger partial charge in [-0.2, -0.15) is 0 Å². The molecule has 0 fully saturated rings. The van der Waals surface area contributed by atoms with Crippen molar-refractivity contribution in [3.05, 3.63) is 35.9 Å². The van der Waals surface area contributed by atoms with Crippen molar-refractivity contribution < 1.29 is 14.3 Å². The molecule has 20 heavy (non-hydrogen) atoms. The Morgan fingerprint density at radius 3 is 2.45 bits per heavy atom. The molecule has 5 heteroatoms. The summed E-state index contributed by atoms with van der Waals surface area (Å²) in [6.07, 6.45) is 0. The van der Waals surface area contributed by atoms with Gasteiger partial charge in [0.15, 0.2) is 0 Å². The van der Waals surface area contributed by atoms with E-state index in [0.29, 0.717) is 19.7 Å². The average Bonchev–Trinajstić information content (AvgIpc) is 2.45. The van der Waals surface area contributed by atoms with Gasteiger partial charge in [-0.15, -0.1) is 0 Å². The first-order valence-electron chi connectivity index (χ1n) is 6.68. The molecule has 0 aliphatic heterocycles. The van der Waals surface area contributed by atoms with Crippen LogP contribution in [0.4, 0.5) is 0 Å². The SMILES string of the molecule is COCCNC(=O)C(=O)N(Cc1ccccc1)C(C)C. The molecule has 0 aliphatic rings. The van der Waals surface area contributed by atoms with E-state index >= 15 is 0 Å². The van der Waals surface area contributed by atoms with E-state index in [0.717, 1.165) is 5.56 Å². The molecule has 0 unspecified atom stereocenters. The number of carbonyl (C=O) groups is 2. The zero-order valence-corrected chi connectivity index (χ0v) is 12.3. The number of ether oxygens (including phenoxy) is 1. The van der Waals surface area contributed by atoms with Gasteiger partial charge < -0.3 is 15.0 Å². The number of amides is 2. The number of rotatable bonds is 6. The van der Waals surface area contributed by atoms with Crippen LogP contribution in [0.2, 0.25) is 0 Å². The normalized spacial score (nSPS) is 10.4. The number of nitrogens with one attached hydrogen (secondary N) is 1. The molecule has 1 aromatic carbocycles. The Hall–Kier alpha value is -1.88. The lowest BCUT2D eigenvalue weighted by molar-refractivity contribution is -0.147. The second kappa shape index (κ2) is 8.32. The average molecular weight is 278 g/mol. The van der Waals surface area contributed by atoms with Gasteiger partial charge in [0.2, 0.25) is 0 Å². The summed E-state index contributed by atoms with van der Waals surface area (Å²) in [7, 11) is 1.55. The highest BCUT2D eigenvalue weighted by atomic mass is 16.5. The molecule has 0 bridgehead atoms. The first kappa shape index (κ1) is 16.2. The summed E-state index contributed by atoms with van der Waals surface area (Å²) >= 11 is 0.